The third kappa shape index (κ3) is 2.34. The van der Waals surface area contributed by atoms with E-state index in [9.17, 15) is 9.18 Å². The highest BCUT2D eigenvalue weighted by atomic mass is 19.1. The van der Waals surface area contributed by atoms with Crippen LogP contribution in [0.15, 0.2) is 42.7 Å². The van der Waals surface area contributed by atoms with Gasteiger partial charge in [0.15, 0.2) is 0 Å². The summed E-state index contributed by atoms with van der Waals surface area (Å²) < 4.78 is 14.5. The van der Waals surface area contributed by atoms with Crippen molar-refractivity contribution in [3.63, 3.8) is 0 Å². The molecule has 0 saturated carbocycles. The first-order valence-electron chi connectivity index (χ1n) is 9.24. The lowest BCUT2D eigenvalue weighted by Crippen LogP contribution is -2.49. The van der Waals surface area contributed by atoms with Crippen LogP contribution in [0.25, 0.3) is 11.0 Å². The van der Waals surface area contributed by atoms with Crippen molar-refractivity contribution in [1.29, 1.82) is 0 Å². The molecule has 1 aliphatic carbocycles. The van der Waals surface area contributed by atoms with Gasteiger partial charge in [-0.25, -0.2) is 9.37 Å². The Hall–Kier alpha value is -2.69. The number of hydrogen-bond acceptors (Lipinski definition) is 2. The van der Waals surface area contributed by atoms with E-state index in [0.717, 1.165) is 54.4 Å². The highest BCUT2D eigenvalue weighted by Gasteiger charge is 2.39. The molecule has 2 aromatic carbocycles. The van der Waals surface area contributed by atoms with Crippen LogP contribution in [-0.4, -0.2) is 33.4 Å². The maximum absolute atomic E-state index is 14.5. The van der Waals surface area contributed by atoms with Crippen LogP contribution in [0, 0.1) is 5.82 Å². The van der Waals surface area contributed by atoms with E-state index >= 15 is 0 Å². The average Bonchev–Trinajstić information content (AvgIpc) is 3.14. The third-order valence-corrected chi connectivity index (χ3v) is 5.93. The zero-order chi connectivity index (χ0) is 17.7. The van der Waals surface area contributed by atoms with Crippen molar-refractivity contribution in [2.75, 3.05) is 6.54 Å². The van der Waals surface area contributed by atoms with Crippen molar-refractivity contribution in [3.8, 4) is 0 Å². The molecule has 2 unspecified atom stereocenters. The van der Waals surface area contributed by atoms with Gasteiger partial charge in [0.25, 0.3) is 5.91 Å². The molecule has 1 amide bonds. The van der Waals surface area contributed by atoms with Gasteiger partial charge in [0, 0.05) is 25.5 Å². The fourth-order valence-electron chi connectivity index (χ4n) is 4.76. The van der Waals surface area contributed by atoms with Crippen molar-refractivity contribution >= 4 is 16.9 Å². The van der Waals surface area contributed by atoms with E-state index in [-0.39, 0.29) is 25.1 Å². The number of aromatic amines is 1. The maximum atomic E-state index is 14.5. The lowest BCUT2D eigenvalue weighted by molar-refractivity contribution is 0.0543. The Morgan fingerprint density at radius 3 is 3.12 bits per heavy atom. The van der Waals surface area contributed by atoms with Gasteiger partial charge < -0.3 is 9.88 Å². The minimum atomic E-state index is -0.120. The van der Waals surface area contributed by atoms with Crippen LogP contribution in [-0.2, 0) is 6.42 Å². The number of piperidine rings is 1. The van der Waals surface area contributed by atoms with Crippen LogP contribution >= 0.6 is 0 Å². The molecule has 26 heavy (non-hydrogen) atoms. The number of hydrogen-bond donors (Lipinski definition) is 1. The van der Waals surface area contributed by atoms with Gasteiger partial charge in [-0.1, -0.05) is 12.1 Å². The third-order valence-electron chi connectivity index (χ3n) is 5.93. The number of carbonyl (C=O) groups is 1. The van der Waals surface area contributed by atoms with Crippen molar-refractivity contribution in [3.05, 3.63) is 65.2 Å². The number of halogens is 1. The summed E-state index contributed by atoms with van der Waals surface area (Å²) in [7, 11) is 0. The van der Waals surface area contributed by atoms with Crippen LogP contribution in [0.3, 0.4) is 0 Å². The van der Waals surface area contributed by atoms with E-state index in [0.29, 0.717) is 5.56 Å². The molecule has 0 bridgehead atoms. The molecule has 2 atom stereocenters. The standard InChI is InChI=1S/C21H20FN3O.H2/c22-16-5-1-3-13-7-9-19-15(20(13)16)4-2-10-25(19)21(26)14-6-8-17-18(11-14)24-12-23-17;/h1,3,5-6,8,11-12,15,19H,2,4,7,9-10H2,(H,23,24);1H. The van der Waals surface area contributed by atoms with Gasteiger partial charge in [-0.3, -0.25) is 4.79 Å². The fraction of sp³-hybridized carbons (Fsp3) is 0.333. The Morgan fingerprint density at radius 1 is 1.27 bits per heavy atom. The number of nitrogens with zero attached hydrogens (tertiary/aromatic N) is 2. The van der Waals surface area contributed by atoms with Gasteiger partial charge in [-0.15, -0.1) is 0 Å². The van der Waals surface area contributed by atoms with E-state index in [1.54, 1.807) is 18.5 Å². The van der Waals surface area contributed by atoms with Crippen molar-refractivity contribution in [1.82, 2.24) is 14.9 Å². The monoisotopic (exact) mass is 351 g/mol. The summed E-state index contributed by atoms with van der Waals surface area (Å²) in [6.07, 6.45) is 5.22. The zero-order valence-electron chi connectivity index (χ0n) is 14.4. The van der Waals surface area contributed by atoms with Gasteiger partial charge >= 0.3 is 0 Å². The second-order valence-electron chi connectivity index (χ2n) is 7.30. The minimum Gasteiger partial charge on any atom is -0.345 e. The molecule has 3 aromatic rings. The summed E-state index contributed by atoms with van der Waals surface area (Å²) in [5.41, 5.74) is 4.34. The normalized spacial score (nSPS) is 22.1. The number of H-pyrrole nitrogens is 1. The van der Waals surface area contributed by atoms with Crippen molar-refractivity contribution in [2.24, 2.45) is 0 Å². The summed E-state index contributed by atoms with van der Waals surface area (Å²) >= 11 is 0. The molecule has 5 rings (SSSR count). The lowest BCUT2D eigenvalue weighted by Gasteiger charge is -2.45. The molecule has 1 aromatic heterocycles. The molecule has 1 fully saturated rings. The summed E-state index contributed by atoms with van der Waals surface area (Å²) in [4.78, 5) is 22.5. The van der Waals surface area contributed by atoms with Gasteiger partial charge in [0.1, 0.15) is 5.82 Å². The average molecular weight is 351 g/mol. The van der Waals surface area contributed by atoms with E-state index in [2.05, 4.69) is 9.97 Å². The number of imidazole rings is 1. The quantitative estimate of drug-likeness (QED) is 0.711. The SMILES string of the molecule is O=C(c1ccc2nc[nH]c2c1)N1CCCC2c3c(F)cccc3CCC21.[HH]. The van der Waals surface area contributed by atoms with E-state index in [4.69, 9.17) is 0 Å². The van der Waals surface area contributed by atoms with Crippen LogP contribution in [0.1, 0.15) is 48.1 Å². The second kappa shape index (κ2) is 5.94. The molecule has 1 aliphatic heterocycles. The smallest absolute Gasteiger partial charge is 0.254 e. The first-order valence-corrected chi connectivity index (χ1v) is 9.24. The molecule has 1 saturated heterocycles. The van der Waals surface area contributed by atoms with Crippen LogP contribution in [0.2, 0.25) is 0 Å². The van der Waals surface area contributed by atoms with E-state index < -0.39 is 0 Å². The zero-order valence-corrected chi connectivity index (χ0v) is 14.4. The molecule has 134 valence electrons. The molecule has 0 radical (unpaired) electrons. The number of carbonyl (C=O) groups excluding carboxylic acids is 1. The highest BCUT2D eigenvalue weighted by molar-refractivity contribution is 5.97. The molecular weight excluding hydrogens is 329 g/mol. The number of likely N-dealkylation sites (tertiary alicyclic amines) is 1. The first kappa shape index (κ1) is 15.6. The van der Waals surface area contributed by atoms with Crippen LogP contribution < -0.4 is 0 Å². The Kier molecular flexibility index (Phi) is 3.55. The molecule has 0 spiro atoms. The number of nitrogens with one attached hydrogen (secondary N) is 1. The van der Waals surface area contributed by atoms with E-state index in [1.807, 2.05) is 29.2 Å². The van der Waals surface area contributed by atoms with Gasteiger partial charge in [0.2, 0.25) is 0 Å². The van der Waals surface area contributed by atoms with Crippen LogP contribution in [0.4, 0.5) is 4.39 Å². The largest absolute Gasteiger partial charge is 0.345 e. The van der Waals surface area contributed by atoms with Crippen LogP contribution in [0.5, 0.6) is 0 Å². The topological polar surface area (TPSA) is 49.0 Å². The summed E-state index contributed by atoms with van der Waals surface area (Å²) in [5, 5.41) is 0. The Morgan fingerprint density at radius 2 is 2.19 bits per heavy atom. The Labute approximate surface area is 152 Å². The predicted octanol–water partition coefficient (Wildman–Crippen LogP) is 4.28. The number of benzene rings is 2. The molecule has 2 aliphatic rings. The Balaban J connectivity index is 0.00000180. The van der Waals surface area contributed by atoms with Crippen molar-refractivity contribution < 1.29 is 10.6 Å². The number of rotatable bonds is 1. The predicted molar refractivity (Wildman–Crippen MR) is 99.7 cm³/mol. The summed E-state index contributed by atoms with van der Waals surface area (Å²) in [6.45, 7) is 0.741. The number of fused-ring (bicyclic) bond motifs is 4. The molecule has 1 N–H and O–H groups in total. The molecular formula is C21H22FN3O. The van der Waals surface area contributed by atoms with E-state index in [1.165, 1.54) is 0 Å². The molecule has 5 heteroatoms. The number of aryl methyl sites for hydroxylation is 1. The number of aromatic nitrogens is 2. The lowest BCUT2D eigenvalue weighted by atomic mass is 9.74. The van der Waals surface area contributed by atoms with Gasteiger partial charge in [-0.2, -0.15) is 0 Å². The molecule has 2 heterocycles. The summed E-state index contributed by atoms with van der Waals surface area (Å²) in [5.74, 6) is 0.0231. The first-order chi connectivity index (χ1) is 12.7. The Bertz CT molecular complexity index is 1000. The maximum Gasteiger partial charge on any atom is 0.254 e. The molecule has 4 nitrogen and oxygen atoms in total. The van der Waals surface area contributed by atoms with Gasteiger partial charge in [-0.05, 0) is 61.1 Å². The fourth-order valence-corrected chi connectivity index (χ4v) is 4.76. The van der Waals surface area contributed by atoms with Crippen molar-refractivity contribution in [2.45, 2.75) is 37.6 Å². The highest BCUT2D eigenvalue weighted by Crippen LogP contribution is 2.42. The second-order valence-corrected chi connectivity index (χ2v) is 7.30. The number of amides is 1. The van der Waals surface area contributed by atoms with Gasteiger partial charge in [0.05, 0.1) is 17.4 Å². The summed E-state index contributed by atoms with van der Waals surface area (Å²) in [6, 6.07) is 11.0. The minimum absolute atomic E-state index is 0.